The van der Waals surface area contributed by atoms with Crippen LogP contribution in [0.2, 0.25) is 5.02 Å². The van der Waals surface area contributed by atoms with Crippen LogP contribution in [0.3, 0.4) is 0 Å². The number of nitrogens with two attached hydrogens (primary N) is 2. The zero-order valence-electron chi connectivity index (χ0n) is 6.61. The summed E-state index contributed by atoms with van der Waals surface area (Å²) in [6.45, 7) is 3.74. The van der Waals surface area contributed by atoms with E-state index in [4.69, 9.17) is 23.1 Å². The molecule has 3 heteroatoms. The molecule has 0 aliphatic rings. The molecule has 0 saturated heterocycles. The summed E-state index contributed by atoms with van der Waals surface area (Å²) < 4.78 is 0. The summed E-state index contributed by atoms with van der Waals surface area (Å²) in [5.74, 6) is 0. The molecule has 0 aromatic heterocycles. The highest BCUT2D eigenvalue weighted by molar-refractivity contribution is 6.32. The van der Waals surface area contributed by atoms with Gasteiger partial charge in [-0.05, 0) is 31.0 Å². The lowest BCUT2D eigenvalue weighted by Gasteiger charge is -2.08. The molecular formula is C8H11ClN2. The fourth-order valence-corrected chi connectivity index (χ4v) is 1.18. The maximum atomic E-state index is 5.86. The second kappa shape index (κ2) is 2.62. The molecule has 0 atom stereocenters. The molecule has 0 saturated carbocycles. The Kier molecular flexibility index (Phi) is 1.96. The lowest BCUT2D eigenvalue weighted by atomic mass is 10.1. The minimum atomic E-state index is 0.593. The van der Waals surface area contributed by atoms with Crippen LogP contribution in [0.5, 0.6) is 0 Å². The maximum absolute atomic E-state index is 5.86. The van der Waals surface area contributed by atoms with Crippen LogP contribution in [-0.4, -0.2) is 0 Å². The SMILES string of the molecule is Cc1cc(Cl)c(C)c(N)c1N. The average molecular weight is 171 g/mol. The minimum absolute atomic E-state index is 0.593. The summed E-state index contributed by atoms with van der Waals surface area (Å²) in [5.41, 5.74) is 14.4. The molecule has 0 amide bonds. The number of aryl methyl sites for hydroxylation is 1. The molecule has 4 N–H and O–H groups in total. The number of hydrogen-bond acceptors (Lipinski definition) is 2. The predicted octanol–water partition coefficient (Wildman–Crippen LogP) is 2.12. The smallest absolute Gasteiger partial charge is 0.0595 e. The van der Waals surface area contributed by atoms with Gasteiger partial charge in [-0.3, -0.25) is 0 Å². The Morgan fingerprint density at radius 3 is 2.27 bits per heavy atom. The molecule has 0 bridgehead atoms. The van der Waals surface area contributed by atoms with E-state index >= 15 is 0 Å². The van der Waals surface area contributed by atoms with E-state index in [0.29, 0.717) is 16.4 Å². The first-order chi connectivity index (χ1) is 5.04. The van der Waals surface area contributed by atoms with Gasteiger partial charge in [0, 0.05) is 5.02 Å². The van der Waals surface area contributed by atoms with Gasteiger partial charge in [-0.15, -0.1) is 0 Å². The van der Waals surface area contributed by atoms with Gasteiger partial charge >= 0.3 is 0 Å². The number of hydrogen-bond donors (Lipinski definition) is 2. The van der Waals surface area contributed by atoms with Crippen molar-refractivity contribution in [2.24, 2.45) is 0 Å². The first-order valence-corrected chi connectivity index (χ1v) is 3.72. The summed E-state index contributed by atoms with van der Waals surface area (Å²) in [6.07, 6.45) is 0. The van der Waals surface area contributed by atoms with E-state index in [1.54, 1.807) is 0 Å². The van der Waals surface area contributed by atoms with Crippen molar-refractivity contribution in [1.29, 1.82) is 0 Å². The normalized spacial score (nSPS) is 10.1. The van der Waals surface area contributed by atoms with E-state index in [0.717, 1.165) is 11.1 Å². The van der Waals surface area contributed by atoms with E-state index < -0.39 is 0 Å². The minimum Gasteiger partial charge on any atom is -0.397 e. The van der Waals surface area contributed by atoms with Gasteiger partial charge in [-0.25, -0.2) is 0 Å². The van der Waals surface area contributed by atoms with E-state index in [9.17, 15) is 0 Å². The lowest BCUT2D eigenvalue weighted by molar-refractivity contribution is 1.40. The van der Waals surface area contributed by atoms with E-state index in [-0.39, 0.29) is 0 Å². The molecule has 11 heavy (non-hydrogen) atoms. The largest absolute Gasteiger partial charge is 0.397 e. The van der Waals surface area contributed by atoms with Crippen molar-refractivity contribution in [3.63, 3.8) is 0 Å². The summed E-state index contributed by atoms with van der Waals surface area (Å²) in [6, 6.07) is 1.82. The molecule has 2 nitrogen and oxygen atoms in total. The number of benzene rings is 1. The van der Waals surface area contributed by atoms with Crippen molar-refractivity contribution in [3.05, 3.63) is 22.2 Å². The van der Waals surface area contributed by atoms with Gasteiger partial charge in [0.15, 0.2) is 0 Å². The van der Waals surface area contributed by atoms with Gasteiger partial charge in [0.1, 0.15) is 0 Å². The summed E-state index contributed by atoms with van der Waals surface area (Å²) in [7, 11) is 0. The zero-order chi connectivity index (χ0) is 8.59. The number of halogens is 1. The molecule has 0 spiro atoms. The van der Waals surface area contributed by atoms with Crippen LogP contribution in [0.25, 0.3) is 0 Å². The van der Waals surface area contributed by atoms with Crippen LogP contribution in [0.15, 0.2) is 6.07 Å². The highest BCUT2D eigenvalue weighted by Gasteiger charge is 2.05. The third-order valence-electron chi connectivity index (χ3n) is 1.82. The number of rotatable bonds is 0. The van der Waals surface area contributed by atoms with Crippen molar-refractivity contribution in [2.45, 2.75) is 13.8 Å². The van der Waals surface area contributed by atoms with Crippen LogP contribution in [0.1, 0.15) is 11.1 Å². The Morgan fingerprint density at radius 1 is 1.18 bits per heavy atom. The van der Waals surface area contributed by atoms with E-state index in [1.807, 2.05) is 19.9 Å². The fourth-order valence-electron chi connectivity index (χ4n) is 0.919. The average Bonchev–Trinajstić information content (AvgIpc) is 1.97. The van der Waals surface area contributed by atoms with Crippen molar-refractivity contribution < 1.29 is 0 Å². The Labute approximate surface area is 71.1 Å². The Morgan fingerprint density at radius 2 is 1.73 bits per heavy atom. The second-order valence-corrected chi connectivity index (χ2v) is 3.03. The van der Waals surface area contributed by atoms with Gasteiger partial charge in [-0.1, -0.05) is 11.6 Å². The second-order valence-electron chi connectivity index (χ2n) is 2.63. The summed E-state index contributed by atoms with van der Waals surface area (Å²) in [4.78, 5) is 0. The molecule has 0 unspecified atom stereocenters. The van der Waals surface area contributed by atoms with Crippen molar-refractivity contribution >= 4 is 23.0 Å². The van der Waals surface area contributed by atoms with Crippen molar-refractivity contribution in [3.8, 4) is 0 Å². The van der Waals surface area contributed by atoms with Crippen LogP contribution < -0.4 is 11.5 Å². The van der Waals surface area contributed by atoms with Crippen molar-refractivity contribution in [1.82, 2.24) is 0 Å². The van der Waals surface area contributed by atoms with Gasteiger partial charge in [0.05, 0.1) is 11.4 Å². The van der Waals surface area contributed by atoms with E-state index in [2.05, 4.69) is 0 Å². The van der Waals surface area contributed by atoms with Gasteiger partial charge in [0.2, 0.25) is 0 Å². The Hall–Kier alpha value is -0.890. The van der Waals surface area contributed by atoms with E-state index in [1.165, 1.54) is 0 Å². The topological polar surface area (TPSA) is 52.0 Å². The Balaban J connectivity index is 3.46. The lowest BCUT2D eigenvalue weighted by Crippen LogP contribution is -2.00. The van der Waals surface area contributed by atoms with Gasteiger partial charge in [-0.2, -0.15) is 0 Å². The number of nitrogen functional groups attached to an aromatic ring is 2. The third-order valence-corrected chi connectivity index (χ3v) is 2.21. The molecule has 1 aromatic rings. The van der Waals surface area contributed by atoms with Crippen LogP contribution in [0, 0.1) is 13.8 Å². The maximum Gasteiger partial charge on any atom is 0.0595 e. The first-order valence-electron chi connectivity index (χ1n) is 3.34. The zero-order valence-corrected chi connectivity index (χ0v) is 7.37. The molecule has 0 radical (unpaired) electrons. The van der Waals surface area contributed by atoms with Gasteiger partial charge in [0.25, 0.3) is 0 Å². The molecule has 0 fully saturated rings. The third kappa shape index (κ3) is 1.26. The molecule has 1 aromatic carbocycles. The van der Waals surface area contributed by atoms with Crippen LogP contribution >= 0.6 is 11.6 Å². The predicted molar refractivity (Wildman–Crippen MR) is 49.8 cm³/mol. The highest BCUT2D eigenvalue weighted by atomic mass is 35.5. The monoisotopic (exact) mass is 170 g/mol. The highest BCUT2D eigenvalue weighted by Crippen LogP contribution is 2.29. The molecule has 0 aliphatic carbocycles. The first kappa shape index (κ1) is 8.21. The van der Waals surface area contributed by atoms with Crippen LogP contribution in [0.4, 0.5) is 11.4 Å². The number of anilines is 2. The molecule has 1 rings (SSSR count). The molecular weight excluding hydrogens is 160 g/mol. The van der Waals surface area contributed by atoms with Gasteiger partial charge < -0.3 is 11.5 Å². The Bertz CT molecular complexity index is 268. The summed E-state index contributed by atoms with van der Waals surface area (Å²) >= 11 is 5.86. The summed E-state index contributed by atoms with van der Waals surface area (Å²) in [5, 5.41) is 0.675. The quantitative estimate of drug-likeness (QED) is 0.586. The standard InChI is InChI=1S/C8H11ClN2/c1-4-3-6(9)5(2)8(11)7(4)10/h3H,10-11H2,1-2H3. The fraction of sp³-hybridized carbons (Fsp3) is 0.250. The molecule has 0 heterocycles. The molecule has 0 aliphatic heterocycles. The molecule has 60 valence electrons. The van der Waals surface area contributed by atoms with Crippen LogP contribution in [-0.2, 0) is 0 Å². The van der Waals surface area contributed by atoms with Crippen molar-refractivity contribution in [2.75, 3.05) is 11.5 Å².